The number of rotatable bonds is 4. The predicted octanol–water partition coefficient (Wildman–Crippen LogP) is 0.789. The summed E-state index contributed by atoms with van der Waals surface area (Å²) in [6, 6.07) is 0. The van der Waals surface area contributed by atoms with Gasteiger partial charge in [-0.2, -0.15) is 8.78 Å². The number of hydrogen-bond acceptors (Lipinski definition) is 3. The largest absolute Gasteiger partial charge is 0.464 e. The molecule has 0 aliphatic rings. The van der Waals surface area contributed by atoms with Crippen LogP contribution < -0.4 is 0 Å². The molecule has 0 aromatic carbocycles. The maximum absolute atomic E-state index is 11.2. The van der Waals surface area contributed by atoms with E-state index in [1.54, 1.807) is 6.92 Å². The fourth-order valence-corrected chi connectivity index (χ4v) is 0.334. The number of carbonyl (C=O) groups is 1. The van der Waals surface area contributed by atoms with Gasteiger partial charge in [-0.1, -0.05) is 0 Å². The lowest BCUT2D eigenvalue weighted by molar-refractivity contribution is -0.169. The molecule has 0 aromatic heterocycles. The minimum Gasteiger partial charge on any atom is -0.464 e. The maximum Gasteiger partial charge on any atom is 0.345 e. The molecule has 0 aliphatic heterocycles. The van der Waals surface area contributed by atoms with Gasteiger partial charge in [-0.15, -0.1) is 0 Å². The lowest BCUT2D eigenvalue weighted by atomic mass is 10.7. The van der Waals surface area contributed by atoms with Crippen LogP contribution in [0, 0.1) is 0 Å². The van der Waals surface area contributed by atoms with Gasteiger partial charge in [-0.25, -0.2) is 4.79 Å². The van der Waals surface area contributed by atoms with E-state index in [4.69, 9.17) is 0 Å². The van der Waals surface area contributed by atoms with E-state index < -0.39 is 19.2 Å². The molecule has 0 rings (SSSR count). The Morgan fingerprint density at radius 2 is 2.20 bits per heavy atom. The van der Waals surface area contributed by atoms with Crippen molar-refractivity contribution in [1.29, 1.82) is 0 Å². The average Bonchev–Trinajstić information content (AvgIpc) is 1.85. The summed E-state index contributed by atoms with van der Waals surface area (Å²) in [6.07, 6.45) is 0. The lowest BCUT2D eigenvalue weighted by Crippen LogP contribution is -2.14. The summed E-state index contributed by atoms with van der Waals surface area (Å²) in [4.78, 5) is 10.3. The van der Waals surface area contributed by atoms with E-state index in [9.17, 15) is 13.6 Å². The molecule has 0 N–H and O–H groups in total. The molecular weight excluding hydrogens is 146 g/mol. The number of alkyl halides is 2. The Morgan fingerprint density at radius 1 is 1.60 bits per heavy atom. The van der Waals surface area contributed by atoms with Crippen molar-refractivity contribution in [2.24, 2.45) is 0 Å². The Bertz CT molecular complexity index is 105. The molecule has 3 nitrogen and oxygen atoms in total. The molecule has 0 saturated carbocycles. The molecule has 0 fully saturated rings. The van der Waals surface area contributed by atoms with Crippen molar-refractivity contribution in [3.05, 3.63) is 0 Å². The highest BCUT2D eigenvalue weighted by molar-refractivity contribution is 5.70. The summed E-state index contributed by atoms with van der Waals surface area (Å²) in [5.74, 6) is -0.775. The Balaban J connectivity index is 3.22. The molecule has 0 amide bonds. The highest BCUT2D eigenvalue weighted by atomic mass is 19.3. The third kappa shape index (κ3) is 5.43. The van der Waals surface area contributed by atoms with Gasteiger partial charge in [0.1, 0.15) is 0 Å². The Hall–Kier alpha value is -0.710. The fourth-order valence-electron chi connectivity index (χ4n) is 0.334. The van der Waals surface area contributed by atoms with Gasteiger partial charge in [-0.05, 0) is 6.92 Å². The molecule has 10 heavy (non-hydrogen) atoms. The summed E-state index contributed by atoms with van der Waals surface area (Å²) in [6.45, 7) is -1.85. The first-order valence-corrected chi connectivity index (χ1v) is 2.72. The molecule has 0 bridgehead atoms. The molecule has 0 aliphatic carbocycles. The van der Waals surface area contributed by atoms with E-state index >= 15 is 0 Å². The fraction of sp³-hybridized carbons (Fsp3) is 0.800. The van der Waals surface area contributed by atoms with Crippen LogP contribution in [-0.2, 0) is 14.3 Å². The van der Waals surface area contributed by atoms with Crippen LogP contribution in [-0.4, -0.2) is 25.8 Å². The second kappa shape index (κ2) is 5.10. The topological polar surface area (TPSA) is 35.5 Å². The molecule has 0 aromatic rings. The van der Waals surface area contributed by atoms with Crippen molar-refractivity contribution in [2.45, 2.75) is 13.5 Å². The van der Waals surface area contributed by atoms with Crippen LogP contribution in [0.4, 0.5) is 8.78 Å². The number of esters is 1. The van der Waals surface area contributed by atoms with E-state index in [-0.39, 0.29) is 6.61 Å². The van der Waals surface area contributed by atoms with Crippen LogP contribution >= 0.6 is 0 Å². The monoisotopic (exact) mass is 154 g/mol. The molecule has 0 heterocycles. The van der Waals surface area contributed by atoms with Crippen molar-refractivity contribution in [3.63, 3.8) is 0 Å². The highest BCUT2D eigenvalue weighted by Crippen LogP contribution is 1.93. The summed E-state index contributed by atoms with van der Waals surface area (Å²) >= 11 is 0. The van der Waals surface area contributed by atoms with Gasteiger partial charge < -0.3 is 9.47 Å². The first kappa shape index (κ1) is 9.29. The molecule has 60 valence electrons. The first-order chi connectivity index (χ1) is 4.66. The number of carbonyl (C=O) groups excluding carboxylic acids is 1. The van der Waals surface area contributed by atoms with Crippen LogP contribution in [0.5, 0.6) is 0 Å². The summed E-state index contributed by atoms with van der Waals surface area (Å²) < 4.78 is 30.4. The molecule has 0 radical (unpaired) electrons. The minimum absolute atomic E-state index is 0.172. The van der Waals surface area contributed by atoms with Gasteiger partial charge in [0, 0.05) is 0 Å². The SMILES string of the molecule is CCOC(=O)COC(F)F. The van der Waals surface area contributed by atoms with Gasteiger partial charge in [0.15, 0.2) is 6.61 Å². The molecule has 0 unspecified atom stereocenters. The van der Waals surface area contributed by atoms with Gasteiger partial charge in [0.05, 0.1) is 6.61 Å². The summed E-state index contributed by atoms with van der Waals surface area (Å²) in [5, 5.41) is 0. The number of ether oxygens (including phenoxy) is 2. The summed E-state index contributed by atoms with van der Waals surface area (Å²) in [5.41, 5.74) is 0. The third-order valence-electron chi connectivity index (χ3n) is 0.632. The Labute approximate surface area is 56.9 Å². The number of hydrogen-bond donors (Lipinski definition) is 0. The second-order valence-electron chi connectivity index (χ2n) is 1.38. The standard InChI is InChI=1S/C5H8F2O3/c1-2-9-4(8)3-10-5(6)7/h5H,2-3H2,1H3. The van der Waals surface area contributed by atoms with Crippen molar-refractivity contribution < 1.29 is 23.0 Å². The van der Waals surface area contributed by atoms with Crippen LogP contribution in [0.15, 0.2) is 0 Å². The summed E-state index contributed by atoms with van der Waals surface area (Å²) in [7, 11) is 0. The van der Waals surface area contributed by atoms with Gasteiger partial charge in [0.2, 0.25) is 0 Å². The minimum atomic E-state index is -2.91. The van der Waals surface area contributed by atoms with Gasteiger partial charge in [0.25, 0.3) is 0 Å². The molecule has 0 atom stereocenters. The van der Waals surface area contributed by atoms with E-state index in [0.29, 0.717) is 0 Å². The van der Waals surface area contributed by atoms with E-state index in [2.05, 4.69) is 9.47 Å². The van der Waals surface area contributed by atoms with Gasteiger partial charge >= 0.3 is 12.6 Å². The Morgan fingerprint density at radius 3 is 2.60 bits per heavy atom. The van der Waals surface area contributed by atoms with E-state index in [1.807, 2.05) is 0 Å². The van der Waals surface area contributed by atoms with Crippen molar-refractivity contribution >= 4 is 5.97 Å². The van der Waals surface area contributed by atoms with Crippen LogP contribution in [0.1, 0.15) is 6.92 Å². The second-order valence-corrected chi connectivity index (χ2v) is 1.38. The van der Waals surface area contributed by atoms with E-state index in [0.717, 1.165) is 0 Å². The zero-order valence-corrected chi connectivity index (χ0v) is 5.47. The zero-order valence-electron chi connectivity index (χ0n) is 5.47. The third-order valence-corrected chi connectivity index (χ3v) is 0.632. The van der Waals surface area contributed by atoms with Crippen molar-refractivity contribution in [3.8, 4) is 0 Å². The van der Waals surface area contributed by atoms with Crippen LogP contribution in [0.3, 0.4) is 0 Å². The predicted molar refractivity (Wildman–Crippen MR) is 28.6 cm³/mol. The van der Waals surface area contributed by atoms with Crippen LogP contribution in [0.2, 0.25) is 0 Å². The first-order valence-electron chi connectivity index (χ1n) is 2.72. The molecular formula is C5H8F2O3. The van der Waals surface area contributed by atoms with Crippen molar-refractivity contribution in [2.75, 3.05) is 13.2 Å². The molecule has 5 heteroatoms. The van der Waals surface area contributed by atoms with Crippen LogP contribution in [0.25, 0.3) is 0 Å². The number of halogens is 2. The molecule has 0 saturated heterocycles. The zero-order chi connectivity index (χ0) is 7.98. The molecule has 0 spiro atoms. The maximum atomic E-state index is 11.2. The highest BCUT2D eigenvalue weighted by Gasteiger charge is 2.06. The quantitative estimate of drug-likeness (QED) is 0.561. The lowest BCUT2D eigenvalue weighted by Gasteiger charge is -2.01. The van der Waals surface area contributed by atoms with Gasteiger partial charge in [-0.3, -0.25) is 0 Å². The smallest absolute Gasteiger partial charge is 0.345 e. The Kier molecular flexibility index (Phi) is 4.74. The van der Waals surface area contributed by atoms with Crippen molar-refractivity contribution in [1.82, 2.24) is 0 Å². The van der Waals surface area contributed by atoms with E-state index in [1.165, 1.54) is 0 Å². The average molecular weight is 154 g/mol. The normalized spacial score (nSPS) is 10.0.